The molecule has 1 heterocycles. The van der Waals surface area contributed by atoms with Crippen LogP contribution in [0.25, 0.3) is 0 Å². The summed E-state index contributed by atoms with van der Waals surface area (Å²) in [6, 6.07) is 1.18. The lowest BCUT2D eigenvalue weighted by Gasteiger charge is -2.23. The zero-order valence-corrected chi connectivity index (χ0v) is 11.5. The van der Waals surface area contributed by atoms with Crippen LogP contribution in [-0.4, -0.2) is 42.5 Å². The molecule has 4 nitrogen and oxygen atoms in total. The molecule has 0 N–H and O–H groups in total. The highest BCUT2D eigenvalue weighted by Gasteiger charge is 2.16. The van der Waals surface area contributed by atoms with Gasteiger partial charge in [0.15, 0.2) is 11.6 Å². The van der Waals surface area contributed by atoms with Crippen LogP contribution in [0.5, 0.6) is 0 Å². The highest BCUT2D eigenvalue weighted by molar-refractivity contribution is 6.30. The van der Waals surface area contributed by atoms with Gasteiger partial charge >= 0.3 is 0 Å². The molecule has 0 atom stereocenters. The highest BCUT2D eigenvalue weighted by atomic mass is 35.5. The summed E-state index contributed by atoms with van der Waals surface area (Å²) in [4.78, 5) is 18.9. The lowest BCUT2D eigenvalue weighted by atomic mass is 10.4. The summed E-state index contributed by atoms with van der Waals surface area (Å²) in [7, 11) is 1.63. The molecule has 0 unspecified atom stereocenters. The number of carbonyl (C=O) groups excluding carboxylic acids is 1. The Morgan fingerprint density at radius 3 is 2.56 bits per heavy atom. The number of pyridine rings is 1. The first-order chi connectivity index (χ1) is 8.49. The zero-order chi connectivity index (χ0) is 13.7. The maximum atomic E-state index is 13.6. The van der Waals surface area contributed by atoms with E-state index in [2.05, 4.69) is 4.98 Å². The molecule has 1 aromatic heterocycles. The van der Waals surface area contributed by atoms with Crippen LogP contribution in [0.1, 0.15) is 13.8 Å². The van der Waals surface area contributed by atoms with Gasteiger partial charge in [0, 0.05) is 26.3 Å². The minimum Gasteiger partial charge on any atom is -0.348 e. The lowest BCUT2D eigenvalue weighted by Crippen LogP contribution is -2.39. The van der Waals surface area contributed by atoms with E-state index in [1.165, 1.54) is 17.2 Å². The first-order valence-corrected chi connectivity index (χ1v) is 6.17. The van der Waals surface area contributed by atoms with Gasteiger partial charge in [0.25, 0.3) is 0 Å². The summed E-state index contributed by atoms with van der Waals surface area (Å²) in [5, 5.41) is 0.236. The van der Waals surface area contributed by atoms with E-state index < -0.39 is 5.82 Å². The second kappa shape index (κ2) is 6.54. The van der Waals surface area contributed by atoms with E-state index in [4.69, 9.17) is 11.6 Å². The standard InChI is InChI=1S/C12H17ClFN3O/c1-4-17(5-2)11(18)8-16(3)12-10(14)6-9(13)7-15-12/h6-7H,4-5,8H2,1-3H3. The summed E-state index contributed by atoms with van der Waals surface area (Å²) < 4.78 is 13.6. The van der Waals surface area contributed by atoms with E-state index in [0.29, 0.717) is 13.1 Å². The third kappa shape index (κ3) is 3.57. The molecule has 0 aliphatic carbocycles. The summed E-state index contributed by atoms with van der Waals surface area (Å²) in [5.41, 5.74) is 0. The lowest BCUT2D eigenvalue weighted by molar-refractivity contribution is -0.129. The van der Waals surface area contributed by atoms with Crippen LogP contribution in [0.15, 0.2) is 12.3 Å². The SMILES string of the molecule is CCN(CC)C(=O)CN(C)c1ncc(Cl)cc1F. The zero-order valence-electron chi connectivity index (χ0n) is 10.8. The molecule has 1 rings (SSSR count). The van der Waals surface area contributed by atoms with Crippen molar-refractivity contribution in [2.24, 2.45) is 0 Å². The van der Waals surface area contributed by atoms with Crippen LogP contribution in [0.4, 0.5) is 10.2 Å². The van der Waals surface area contributed by atoms with Crippen molar-refractivity contribution in [1.29, 1.82) is 0 Å². The molecule has 1 aromatic rings. The highest BCUT2D eigenvalue weighted by Crippen LogP contribution is 2.18. The van der Waals surface area contributed by atoms with Gasteiger partial charge in [0.1, 0.15) is 0 Å². The van der Waals surface area contributed by atoms with E-state index in [0.717, 1.165) is 0 Å². The molecule has 1 amide bonds. The molecule has 0 saturated carbocycles. The molecule has 18 heavy (non-hydrogen) atoms. The third-order valence-electron chi connectivity index (χ3n) is 2.64. The number of rotatable bonds is 5. The number of amides is 1. The van der Waals surface area contributed by atoms with Crippen LogP contribution in [0.3, 0.4) is 0 Å². The van der Waals surface area contributed by atoms with Crippen LogP contribution < -0.4 is 4.90 Å². The summed E-state index contributed by atoms with van der Waals surface area (Å²) in [6.07, 6.45) is 1.36. The maximum absolute atomic E-state index is 13.6. The fourth-order valence-corrected chi connectivity index (χ4v) is 1.79. The Morgan fingerprint density at radius 2 is 2.06 bits per heavy atom. The molecule has 6 heteroatoms. The third-order valence-corrected chi connectivity index (χ3v) is 2.85. The average molecular weight is 274 g/mol. The minimum atomic E-state index is -0.530. The number of hydrogen-bond acceptors (Lipinski definition) is 3. The van der Waals surface area contributed by atoms with Crippen molar-refractivity contribution < 1.29 is 9.18 Å². The topological polar surface area (TPSA) is 36.4 Å². The van der Waals surface area contributed by atoms with Gasteiger partial charge in [-0.2, -0.15) is 0 Å². The number of hydrogen-bond donors (Lipinski definition) is 0. The Hall–Kier alpha value is -1.36. The molecule has 0 spiro atoms. The van der Waals surface area contributed by atoms with Crippen LogP contribution in [-0.2, 0) is 4.79 Å². The van der Waals surface area contributed by atoms with Gasteiger partial charge in [-0.25, -0.2) is 9.37 Å². The molecule has 0 aliphatic heterocycles. The van der Waals surface area contributed by atoms with Crippen LogP contribution in [0, 0.1) is 5.82 Å². The van der Waals surface area contributed by atoms with E-state index in [9.17, 15) is 9.18 Å². The summed E-state index contributed by atoms with van der Waals surface area (Å²) >= 11 is 5.63. The number of anilines is 1. The molecule has 0 aliphatic rings. The van der Waals surface area contributed by atoms with E-state index in [-0.39, 0.29) is 23.3 Å². The molecule has 0 fully saturated rings. The fourth-order valence-electron chi connectivity index (χ4n) is 1.64. The van der Waals surface area contributed by atoms with E-state index in [1.54, 1.807) is 11.9 Å². The Labute approximate surface area is 111 Å². The Kier molecular flexibility index (Phi) is 5.34. The molecule has 0 bridgehead atoms. The van der Waals surface area contributed by atoms with Crippen molar-refractivity contribution >= 4 is 23.3 Å². The predicted molar refractivity (Wildman–Crippen MR) is 70.4 cm³/mol. The smallest absolute Gasteiger partial charge is 0.242 e. The quantitative estimate of drug-likeness (QED) is 0.825. The van der Waals surface area contributed by atoms with Crippen molar-refractivity contribution in [3.05, 3.63) is 23.1 Å². The van der Waals surface area contributed by atoms with Gasteiger partial charge in [-0.05, 0) is 19.9 Å². The molecule has 0 radical (unpaired) electrons. The first-order valence-electron chi connectivity index (χ1n) is 5.79. The Bertz CT molecular complexity index is 424. The largest absolute Gasteiger partial charge is 0.348 e. The molecule has 0 aromatic carbocycles. The van der Waals surface area contributed by atoms with Crippen molar-refractivity contribution in [2.45, 2.75) is 13.8 Å². The van der Waals surface area contributed by atoms with E-state index in [1.807, 2.05) is 13.8 Å². The first kappa shape index (κ1) is 14.7. The van der Waals surface area contributed by atoms with Gasteiger partial charge < -0.3 is 9.80 Å². The minimum absolute atomic E-state index is 0.0568. The number of nitrogens with zero attached hydrogens (tertiary/aromatic N) is 3. The van der Waals surface area contributed by atoms with Gasteiger partial charge in [0.05, 0.1) is 11.6 Å². The molecule has 100 valence electrons. The number of halogens is 2. The molecule has 0 saturated heterocycles. The summed E-state index contributed by atoms with van der Waals surface area (Å²) in [6.45, 7) is 5.18. The number of carbonyl (C=O) groups is 1. The van der Waals surface area contributed by atoms with Crippen molar-refractivity contribution in [2.75, 3.05) is 31.6 Å². The molecular weight excluding hydrogens is 257 g/mol. The second-order valence-electron chi connectivity index (χ2n) is 3.88. The molecular formula is C12H17ClFN3O. The van der Waals surface area contributed by atoms with Crippen LogP contribution in [0.2, 0.25) is 5.02 Å². The van der Waals surface area contributed by atoms with E-state index >= 15 is 0 Å². The maximum Gasteiger partial charge on any atom is 0.242 e. The van der Waals surface area contributed by atoms with Crippen molar-refractivity contribution in [1.82, 2.24) is 9.88 Å². The predicted octanol–water partition coefficient (Wildman–Crippen LogP) is 2.18. The van der Waals surface area contributed by atoms with Gasteiger partial charge in [-0.1, -0.05) is 11.6 Å². The van der Waals surface area contributed by atoms with Gasteiger partial charge in [-0.15, -0.1) is 0 Å². The monoisotopic (exact) mass is 273 g/mol. The second-order valence-corrected chi connectivity index (χ2v) is 4.32. The van der Waals surface area contributed by atoms with Crippen molar-refractivity contribution in [3.63, 3.8) is 0 Å². The number of aromatic nitrogens is 1. The fraction of sp³-hybridized carbons (Fsp3) is 0.500. The van der Waals surface area contributed by atoms with Gasteiger partial charge in [0.2, 0.25) is 5.91 Å². The Morgan fingerprint density at radius 1 is 1.44 bits per heavy atom. The van der Waals surface area contributed by atoms with Crippen LogP contribution >= 0.6 is 11.6 Å². The van der Waals surface area contributed by atoms with Crippen molar-refractivity contribution in [3.8, 4) is 0 Å². The number of likely N-dealkylation sites (N-methyl/N-ethyl adjacent to an activating group) is 2. The average Bonchev–Trinajstić information content (AvgIpc) is 2.30. The van der Waals surface area contributed by atoms with Gasteiger partial charge in [-0.3, -0.25) is 4.79 Å². The normalized spacial score (nSPS) is 10.3. The Balaban J connectivity index is 2.76. The summed E-state index contributed by atoms with van der Waals surface area (Å²) in [5.74, 6) is -0.462.